The molecule has 0 saturated carbocycles. The average molecular weight is 352 g/mol. The van der Waals surface area contributed by atoms with Gasteiger partial charge in [-0.25, -0.2) is 5.01 Å². The van der Waals surface area contributed by atoms with Gasteiger partial charge in [-0.2, -0.15) is 0 Å². The fraction of sp³-hybridized carbons (Fsp3) is 0.333. The van der Waals surface area contributed by atoms with Gasteiger partial charge in [-0.1, -0.05) is 62.4 Å². The summed E-state index contributed by atoms with van der Waals surface area (Å²) in [6.45, 7) is 4.56. The Morgan fingerprint density at radius 1 is 1.08 bits per heavy atom. The monoisotopic (exact) mass is 352 g/mol. The van der Waals surface area contributed by atoms with Gasteiger partial charge in [0.25, 0.3) is 11.8 Å². The first-order valence-corrected chi connectivity index (χ1v) is 8.91. The first-order valence-electron chi connectivity index (χ1n) is 8.91. The van der Waals surface area contributed by atoms with Gasteiger partial charge < -0.3 is 4.74 Å². The second-order valence-electron chi connectivity index (χ2n) is 6.93. The van der Waals surface area contributed by atoms with Crippen LogP contribution in [-0.2, 0) is 16.1 Å². The standard InChI is InChI=1S/C21H24N2O3/c1-15(2)13-18-19(26-14-16-9-5-3-6-10-16)21(25)23(18)22-20(24)17-11-7-4-8-12-17/h3-12,15,18-19H,13-14H2,1-2H3,(H,22,24)/t18-,19+/m0/s1. The van der Waals surface area contributed by atoms with E-state index in [1.807, 2.05) is 36.4 Å². The van der Waals surface area contributed by atoms with Gasteiger partial charge in [0.15, 0.2) is 6.10 Å². The Morgan fingerprint density at radius 3 is 2.31 bits per heavy atom. The zero-order chi connectivity index (χ0) is 18.5. The van der Waals surface area contributed by atoms with E-state index in [4.69, 9.17) is 4.74 Å². The quantitative estimate of drug-likeness (QED) is 0.779. The van der Waals surface area contributed by atoms with Crippen molar-refractivity contribution in [3.05, 3.63) is 71.8 Å². The molecule has 2 amide bonds. The number of β-lactam (4-membered cyclic amide) rings is 1. The summed E-state index contributed by atoms with van der Waals surface area (Å²) in [5, 5.41) is 1.42. The summed E-state index contributed by atoms with van der Waals surface area (Å²) in [6, 6.07) is 18.5. The Bertz CT molecular complexity index is 746. The van der Waals surface area contributed by atoms with Crippen LogP contribution >= 0.6 is 0 Å². The largest absolute Gasteiger partial charge is 0.361 e. The lowest BCUT2D eigenvalue weighted by Crippen LogP contribution is -2.71. The molecule has 1 heterocycles. The predicted octanol–water partition coefficient (Wildman–Crippen LogP) is 3.17. The molecule has 26 heavy (non-hydrogen) atoms. The lowest BCUT2D eigenvalue weighted by atomic mass is 9.91. The van der Waals surface area contributed by atoms with Crippen molar-refractivity contribution < 1.29 is 14.3 Å². The molecule has 136 valence electrons. The van der Waals surface area contributed by atoms with Gasteiger partial charge in [-0.15, -0.1) is 0 Å². The molecule has 2 atom stereocenters. The van der Waals surface area contributed by atoms with Gasteiger partial charge in [0, 0.05) is 5.56 Å². The molecule has 0 unspecified atom stereocenters. The van der Waals surface area contributed by atoms with Crippen LogP contribution in [0, 0.1) is 5.92 Å². The van der Waals surface area contributed by atoms with Crippen LogP contribution < -0.4 is 5.43 Å². The number of ether oxygens (including phenoxy) is 1. The number of amides is 2. The Hall–Kier alpha value is -2.66. The first-order chi connectivity index (χ1) is 12.6. The second kappa shape index (κ2) is 8.15. The van der Waals surface area contributed by atoms with E-state index in [2.05, 4.69) is 19.3 Å². The molecular formula is C21H24N2O3. The van der Waals surface area contributed by atoms with Crippen LogP contribution in [0.4, 0.5) is 0 Å². The minimum absolute atomic E-state index is 0.154. The van der Waals surface area contributed by atoms with Crippen LogP contribution in [0.1, 0.15) is 36.2 Å². The maximum absolute atomic E-state index is 12.5. The number of hydrazine groups is 1. The van der Waals surface area contributed by atoms with Crippen LogP contribution in [0.25, 0.3) is 0 Å². The molecule has 1 aliphatic rings. The topological polar surface area (TPSA) is 58.6 Å². The average Bonchev–Trinajstić information content (AvgIpc) is 2.66. The zero-order valence-corrected chi connectivity index (χ0v) is 15.1. The summed E-state index contributed by atoms with van der Waals surface area (Å²) in [7, 11) is 0. The Labute approximate surface area is 153 Å². The highest BCUT2D eigenvalue weighted by atomic mass is 16.5. The SMILES string of the molecule is CC(C)C[C@H]1[C@@H](OCc2ccccc2)C(=O)N1NC(=O)c1ccccc1. The van der Waals surface area contributed by atoms with Gasteiger partial charge in [-0.05, 0) is 30.0 Å². The summed E-state index contributed by atoms with van der Waals surface area (Å²) in [4.78, 5) is 24.9. The van der Waals surface area contributed by atoms with E-state index >= 15 is 0 Å². The number of carbonyl (C=O) groups is 2. The van der Waals surface area contributed by atoms with Crippen LogP contribution in [-0.4, -0.2) is 29.0 Å². The molecule has 0 spiro atoms. The number of rotatable bonds is 7. The fourth-order valence-electron chi connectivity index (χ4n) is 3.07. The molecule has 0 radical (unpaired) electrons. The van der Waals surface area contributed by atoms with Crippen molar-refractivity contribution >= 4 is 11.8 Å². The lowest BCUT2D eigenvalue weighted by molar-refractivity contribution is -0.182. The first kappa shape index (κ1) is 18.1. The highest BCUT2D eigenvalue weighted by Gasteiger charge is 2.49. The third-order valence-electron chi connectivity index (χ3n) is 4.41. The molecule has 0 aliphatic carbocycles. The minimum Gasteiger partial charge on any atom is -0.361 e. The fourth-order valence-corrected chi connectivity index (χ4v) is 3.07. The molecule has 5 nitrogen and oxygen atoms in total. The summed E-state index contributed by atoms with van der Waals surface area (Å²) >= 11 is 0. The van der Waals surface area contributed by atoms with Crippen molar-refractivity contribution in [2.45, 2.75) is 39.0 Å². The Balaban J connectivity index is 1.64. The molecule has 1 saturated heterocycles. The van der Waals surface area contributed by atoms with Crippen LogP contribution in [0.5, 0.6) is 0 Å². The Morgan fingerprint density at radius 2 is 1.69 bits per heavy atom. The number of hydrogen-bond donors (Lipinski definition) is 1. The third kappa shape index (κ3) is 4.11. The molecule has 3 rings (SSSR count). The molecule has 2 aromatic carbocycles. The van der Waals surface area contributed by atoms with Crippen molar-refractivity contribution in [2.75, 3.05) is 0 Å². The predicted molar refractivity (Wildman–Crippen MR) is 99.0 cm³/mol. The van der Waals surface area contributed by atoms with Gasteiger partial charge >= 0.3 is 0 Å². The number of nitrogens with zero attached hydrogens (tertiary/aromatic N) is 1. The van der Waals surface area contributed by atoms with E-state index in [-0.39, 0.29) is 17.9 Å². The second-order valence-corrected chi connectivity index (χ2v) is 6.93. The van der Waals surface area contributed by atoms with Gasteiger partial charge in [0.05, 0.1) is 12.6 Å². The molecular weight excluding hydrogens is 328 g/mol. The van der Waals surface area contributed by atoms with E-state index in [9.17, 15) is 9.59 Å². The highest BCUT2D eigenvalue weighted by molar-refractivity contribution is 5.97. The van der Waals surface area contributed by atoms with E-state index in [1.54, 1.807) is 24.3 Å². The Kier molecular flexibility index (Phi) is 5.68. The van der Waals surface area contributed by atoms with Crippen LogP contribution in [0.15, 0.2) is 60.7 Å². The molecule has 2 aromatic rings. The van der Waals surface area contributed by atoms with Crippen molar-refractivity contribution in [1.82, 2.24) is 10.4 Å². The molecule has 1 N–H and O–H groups in total. The van der Waals surface area contributed by atoms with Crippen LogP contribution in [0.3, 0.4) is 0 Å². The number of nitrogens with one attached hydrogen (secondary N) is 1. The number of benzene rings is 2. The lowest BCUT2D eigenvalue weighted by Gasteiger charge is -2.46. The normalized spacial score (nSPS) is 19.3. The third-order valence-corrected chi connectivity index (χ3v) is 4.41. The van der Waals surface area contributed by atoms with E-state index < -0.39 is 6.10 Å². The summed E-state index contributed by atoms with van der Waals surface area (Å²) < 4.78 is 5.86. The summed E-state index contributed by atoms with van der Waals surface area (Å²) in [6.07, 6.45) is 0.244. The summed E-state index contributed by atoms with van der Waals surface area (Å²) in [5.74, 6) is -0.0999. The van der Waals surface area contributed by atoms with Crippen molar-refractivity contribution in [3.8, 4) is 0 Å². The molecule has 0 bridgehead atoms. The van der Waals surface area contributed by atoms with Crippen molar-refractivity contribution in [3.63, 3.8) is 0 Å². The van der Waals surface area contributed by atoms with E-state index in [1.165, 1.54) is 5.01 Å². The molecule has 5 heteroatoms. The van der Waals surface area contributed by atoms with Crippen LogP contribution in [0.2, 0.25) is 0 Å². The summed E-state index contributed by atoms with van der Waals surface area (Å²) in [5.41, 5.74) is 4.28. The maximum Gasteiger partial charge on any atom is 0.272 e. The zero-order valence-electron chi connectivity index (χ0n) is 15.1. The molecule has 0 aromatic heterocycles. The minimum atomic E-state index is -0.520. The number of hydrogen-bond acceptors (Lipinski definition) is 3. The smallest absolute Gasteiger partial charge is 0.272 e. The maximum atomic E-state index is 12.5. The highest BCUT2D eigenvalue weighted by Crippen LogP contribution is 2.28. The van der Waals surface area contributed by atoms with Crippen molar-refractivity contribution in [2.24, 2.45) is 5.92 Å². The molecule has 1 fully saturated rings. The van der Waals surface area contributed by atoms with Crippen molar-refractivity contribution in [1.29, 1.82) is 0 Å². The van der Waals surface area contributed by atoms with Gasteiger partial charge in [0.2, 0.25) is 0 Å². The van der Waals surface area contributed by atoms with Gasteiger partial charge in [-0.3, -0.25) is 15.0 Å². The van der Waals surface area contributed by atoms with Gasteiger partial charge in [0.1, 0.15) is 0 Å². The van der Waals surface area contributed by atoms with E-state index in [0.717, 1.165) is 12.0 Å². The van der Waals surface area contributed by atoms with E-state index in [0.29, 0.717) is 18.1 Å². The number of carbonyl (C=O) groups excluding carboxylic acids is 2. The molecule has 1 aliphatic heterocycles.